The van der Waals surface area contributed by atoms with Gasteiger partial charge in [-0.1, -0.05) is 51.9 Å². The molecule has 20 heavy (non-hydrogen) atoms. The molecule has 2 heteroatoms. The van der Waals surface area contributed by atoms with Gasteiger partial charge in [-0.25, -0.2) is 0 Å². The maximum Gasteiger partial charge on any atom is 0.309 e. The van der Waals surface area contributed by atoms with Crippen molar-refractivity contribution in [2.75, 3.05) is 0 Å². The zero-order valence-corrected chi connectivity index (χ0v) is 13.2. The van der Waals surface area contributed by atoms with Crippen LogP contribution in [0, 0.1) is 11.8 Å². The second-order valence-corrected chi connectivity index (χ2v) is 6.91. The highest BCUT2D eigenvalue weighted by atomic mass is 16.5. The third-order valence-electron chi connectivity index (χ3n) is 5.23. The molecule has 0 aromatic carbocycles. The first-order chi connectivity index (χ1) is 9.79. The van der Waals surface area contributed by atoms with E-state index in [1.165, 1.54) is 57.8 Å². The van der Waals surface area contributed by atoms with E-state index in [0.29, 0.717) is 0 Å². The molecule has 0 atom stereocenters. The number of carbonyl (C=O) groups is 1. The molecule has 2 saturated carbocycles. The fourth-order valence-corrected chi connectivity index (χ4v) is 3.82. The summed E-state index contributed by atoms with van der Waals surface area (Å²) in [5.74, 6) is 1.22. The molecule has 0 saturated heterocycles. The van der Waals surface area contributed by atoms with Crippen molar-refractivity contribution in [2.45, 2.75) is 96.5 Å². The van der Waals surface area contributed by atoms with Crippen molar-refractivity contribution in [3.63, 3.8) is 0 Å². The molecule has 0 aliphatic heterocycles. The minimum absolute atomic E-state index is 0.110. The summed E-state index contributed by atoms with van der Waals surface area (Å²) in [5.41, 5.74) is 0. The third kappa shape index (κ3) is 5.10. The van der Waals surface area contributed by atoms with E-state index < -0.39 is 0 Å². The van der Waals surface area contributed by atoms with E-state index in [2.05, 4.69) is 6.92 Å². The average molecular weight is 280 g/mol. The van der Waals surface area contributed by atoms with E-state index in [9.17, 15) is 4.79 Å². The standard InChI is InChI=1S/C18H32O2/c1-2-3-5-8-15-11-13-17(14-12-15)20-18(19)16-9-6-4-7-10-16/h15-17H,2-14H2,1H3. The van der Waals surface area contributed by atoms with Crippen molar-refractivity contribution in [1.82, 2.24) is 0 Å². The number of unbranched alkanes of at least 4 members (excludes halogenated alkanes) is 2. The molecule has 2 fully saturated rings. The van der Waals surface area contributed by atoms with Gasteiger partial charge >= 0.3 is 5.97 Å². The van der Waals surface area contributed by atoms with Crippen LogP contribution in [-0.2, 0) is 9.53 Å². The minimum Gasteiger partial charge on any atom is -0.462 e. The van der Waals surface area contributed by atoms with Gasteiger partial charge in [0.2, 0.25) is 0 Å². The summed E-state index contributed by atoms with van der Waals surface area (Å²) in [6, 6.07) is 0. The van der Waals surface area contributed by atoms with Gasteiger partial charge < -0.3 is 4.74 Å². The quantitative estimate of drug-likeness (QED) is 0.490. The fraction of sp³-hybridized carbons (Fsp3) is 0.944. The number of hydrogen-bond donors (Lipinski definition) is 0. The van der Waals surface area contributed by atoms with Crippen LogP contribution in [0.15, 0.2) is 0 Å². The fourth-order valence-electron chi connectivity index (χ4n) is 3.82. The molecule has 0 amide bonds. The van der Waals surface area contributed by atoms with Crippen LogP contribution in [0.5, 0.6) is 0 Å². The van der Waals surface area contributed by atoms with Gasteiger partial charge in [-0.2, -0.15) is 0 Å². The Morgan fingerprint density at radius 1 is 0.950 bits per heavy atom. The van der Waals surface area contributed by atoms with Crippen LogP contribution >= 0.6 is 0 Å². The van der Waals surface area contributed by atoms with Crippen molar-refractivity contribution in [3.05, 3.63) is 0 Å². The number of ether oxygens (including phenoxy) is 1. The van der Waals surface area contributed by atoms with Crippen LogP contribution in [0.2, 0.25) is 0 Å². The van der Waals surface area contributed by atoms with Gasteiger partial charge in [0.05, 0.1) is 5.92 Å². The van der Waals surface area contributed by atoms with Crippen molar-refractivity contribution in [2.24, 2.45) is 11.8 Å². The van der Waals surface area contributed by atoms with Crippen LogP contribution in [0.3, 0.4) is 0 Å². The van der Waals surface area contributed by atoms with Gasteiger partial charge in [0.1, 0.15) is 6.10 Å². The van der Waals surface area contributed by atoms with Crippen LogP contribution in [0.4, 0.5) is 0 Å². The van der Waals surface area contributed by atoms with Crippen molar-refractivity contribution in [1.29, 1.82) is 0 Å². The molecule has 2 rings (SSSR count). The van der Waals surface area contributed by atoms with E-state index in [-0.39, 0.29) is 18.0 Å². The molecule has 0 heterocycles. The molecule has 2 aliphatic carbocycles. The highest BCUT2D eigenvalue weighted by Crippen LogP contribution is 2.31. The van der Waals surface area contributed by atoms with E-state index in [4.69, 9.17) is 4.74 Å². The van der Waals surface area contributed by atoms with Gasteiger partial charge in [-0.05, 0) is 44.4 Å². The Morgan fingerprint density at radius 2 is 1.65 bits per heavy atom. The van der Waals surface area contributed by atoms with Gasteiger partial charge in [0, 0.05) is 0 Å². The molecule has 0 N–H and O–H groups in total. The first kappa shape index (κ1) is 15.9. The number of esters is 1. The molecule has 0 bridgehead atoms. The molecular weight excluding hydrogens is 248 g/mol. The van der Waals surface area contributed by atoms with Gasteiger partial charge in [0.25, 0.3) is 0 Å². The van der Waals surface area contributed by atoms with E-state index in [0.717, 1.165) is 31.6 Å². The minimum atomic E-state index is 0.110. The number of hydrogen-bond acceptors (Lipinski definition) is 2. The molecular formula is C18H32O2. The van der Waals surface area contributed by atoms with E-state index in [1.807, 2.05) is 0 Å². The molecule has 0 aromatic heterocycles. The average Bonchev–Trinajstić information content (AvgIpc) is 2.50. The Bertz CT molecular complexity index is 273. The van der Waals surface area contributed by atoms with Crippen LogP contribution in [0.1, 0.15) is 90.4 Å². The highest BCUT2D eigenvalue weighted by Gasteiger charge is 2.28. The lowest BCUT2D eigenvalue weighted by atomic mass is 9.84. The maximum atomic E-state index is 12.1. The Labute approximate surface area is 124 Å². The van der Waals surface area contributed by atoms with Crippen molar-refractivity contribution >= 4 is 5.97 Å². The molecule has 2 aliphatic rings. The smallest absolute Gasteiger partial charge is 0.309 e. The lowest BCUT2D eigenvalue weighted by Crippen LogP contribution is -2.29. The Morgan fingerprint density at radius 3 is 2.30 bits per heavy atom. The zero-order chi connectivity index (χ0) is 14.2. The van der Waals surface area contributed by atoms with Gasteiger partial charge in [-0.3, -0.25) is 4.79 Å². The van der Waals surface area contributed by atoms with Crippen LogP contribution < -0.4 is 0 Å². The summed E-state index contributed by atoms with van der Waals surface area (Å²) >= 11 is 0. The summed E-state index contributed by atoms with van der Waals surface area (Å²) < 4.78 is 5.77. The monoisotopic (exact) mass is 280 g/mol. The zero-order valence-electron chi connectivity index (χ0n) is 13.2. The molecule has 0 radical (unpaired) electrons. The SMILES string of the molecule is CCCCCC1CCC(OC(=O)C2CCCCC2)CC1. The third-order valence-corrected chi connectivity index (χ3v) is 5.23. The van der Waals surface area contributed by atoms with Crippen molar-refractivity contribution in [3.8, 4) is 0 Å². The van der Waals surface area contributed by atoms with Crippen molar-refractivity contribution < 1.29 is 9.53 Å². The largest absolute Gasteiger partial charge is 0.462 e. The predicted molar refractivity (Wildman–Crippen MR) is 82.6 cm³/mol. The molecule has 0 spiro atoms. The number of rotatable bonds is 6. The Hall–Kier alpha value is -0.530. The maximum absolute atomic E-state index is 12.1. The summed E-state index contributed by atoms with van der Waals surface area (Å²) in [5, 5.41) is 0. The topological polar surface area (TPSA) is 26.3 Å². The van der Waals surface area contributed by atoms with Crippen LogP contribution in [-0.4, -0.2) is 12.1 Å². The second-order valence-electron chi connectivity index (χ2n) is 6.91. The van der Waals surface area contributed by atoms with E-state index in [1.54, 1.807) is 0 Å². The summed E-state index contributed by atoms with van der Waals surface area (Å²) in [6.45, 7) is 2.27. The Kier molecular flexibility index (Phi) is 6.89. The van der Waals surface area contributed by atoms with Gasteiger partial charge in [0.15, 0.2) is 0 Å². The first-order valence-electron chi connectivity index (χ1n) is 9.00. The van der Waals surface area contributed by atoms with E-state index >= 15 is 0 Å². The van der Waals surface area contributed by atoms with Crippen LogP contribution in [0.25, 0.3) is 0 Å². The predicted octanol–water partition coefficient (Wildman–Crippen LogP) is 5.25. The molecule has 0 aromatic rings. The Balaban J connectivity index is 1.62. The second kappa shape index (κ2) is 8.69. The highest BCUT2D eigenvalue weighted by molar-refractivity contribution is 5.72. The molecule has 2 nitrogen and oxygen atoms in total. The summed E-state index contributed by atoms with van der Waals surface area (Å²) in [4.78, 5) is 12.1. The van der Waals surface area contributed by atoms with Gasteiger partial charge in [-0.15, -0.1) is 0 Å². The normalized spacial score (nSPS) is 28.2. The summed E-state index contributed by atoms with van der Waals surface area (Å²) in [6.07, 6.45) is 16.3. The molecule has 116 valence electrons. The number of carbonyl (C=O) groups excluding carboxylic acids is 1. The lowest BCUT2D eigenvalue weighted by Gasteiger charge is -2.30. The molecule has 0 unspecified atom stereocenters. The lowest BCUT2D eigenvalue weighted by molar-refractivity contribution is -0.157. The first-order valence-corrected chi connectivity index (χ1v) is 9.00. The summed E-state index contributed by atoms with van der Waals surface area (Å²) in [7, 11) is 0.